The summed E-state index contributed by atoms with van der Waals surface area (Å²) in [5.74, 6) is -0.374. The molecule has 26 heavy (non-hydrogen) atoms. The van der Waals surface area contributed by atoms with Crippen LogP contribution in [0.4, 0.5) is 11.4 Å². The Labute approximate surface area is 155 Å². The molecule has 4 heteroatoms. The zero-order chi connectivity index (χ0) is 18.7. The monoisotopic (exact) mass is 350 g/mol. The molecule has 1 saturated heterocycles. The summed E-state index contributed by atoms with van der Waals surface area (Å²) in [6, 6.07) is 13.9. The molecule has 0 bridgehead atoms. The molecule has 0 aliphatic carbocycles. The van der Waals surface area contributed by atoms with E-state index in [0.717, 1.165) is 40.9 Å². The van der Waals surface area contributed by atoms with Gasteiger partial charge in [-0.15, -0.1) is 0 Å². The third-order valence-corrected chi connectivity index (χ3v) is 5.02. The van der Waals surface area contributed by atoms with Crippen LogP contribution >= 0.6 is 0 Å². The fourth-order valence-electron chi connectivity index (χ4n) is 3.63. The summed E-state index contributed by atoms with van der Waals surface area (Å²) < 4.78 is 0. The van der Waals surface area contributed by atoms with Crippen LogP contribution in [0.15, 0.2) is 42.5 Å². The van der Waals surface area contributed by atoms with Crippen LogP contribution in [-0.4, -0.2) is 18.4 Å². The fraction of sp³-hybridized carbons (Fsp3) is 0.364. The largest absolute Gasteiger partial charge is 0.326 e. The zero-order valence-corrected chi connectivity index (χ0v) is 15.7. The number of anilines is 2. The third kappa shape index (κ3) is 3.64. The predicted octanol–water partition coefficient (Wildman–Crippen LogP) is 4.11. The highest BCUT2D eigenvalue weighted by Gasteiger charge is 2.36. The Morgan fingerprint density at radius 2 is 1.77 bits per heavy atom. The quantitative estimate of drug-likeness (QED) is 0.882. The maximum atomic E-state index is 12.7. The Morgan fingerprint density at radius 3 is 2.38 bits per heavy atom. The number of nitrogens with zero attached hydrogens (tertiary/aromatic N) is 1. The van der Waals surface area contributed by atoms with Crippen molar-refractivity contribution >= 4 is 23.2 Å². The van der Waals surface area contributed by atoms with Crippen LogP contribution < -0.4 is 10.2 Å². The van der Waals surface area contributed by atoms with Gasteiger partial charge in [-0.25, -0.2) is 0 Å². The lowest BCUT2D eigenvalue weighted by Crippen LogP contribution is -2.29. The molecule has 4 nitrogen and oxygen atoms in total. The Hall–Kier alpha value is -2.62. The van der Waals surface area contributed by atoms with E-state index in [-0.39, 0.29) is 24.2 Å². The predicted molar refractivity (Wildman–Crippen MR) is 105 cm³/mol. The summed E-state index contributed by atoms with van der Waals surface area (Å²) in [5, 5.41) is 2.96. The smallest absolute Gasteiger partial charge is 0.229 e. The molecule has 1 fully saturated rings. The molecule has 2 aromatic rings. The first kappa shape index (κ1) is 18.2. The van der Waals surface area contributed by atoms with Crippen molar-refractivity contribution in [2.45, 2.75) is 40.0 Å². The molecular formula is C22H26N2O2. The van der Waals surface area contributed by atoms with Gasteiger partial charge in [-0.1, -0.05) is 44.2 Å². The SMILES string of the molecule is CCc1cccc(CC)c1N1C[C@H](C(=O)Nc2cccc(C)c2)CC1=O. The van der Waals surface area contributed by atoms with Crippen molar-refractivity contribution in [3.63, 3.8) is 0 Å². The van der Waals surface area contributed by atoms with Gasteiger partial charge in [0.05, 0.1) is 5.92 Å². The van der Waals surface area contributed by atoms with Crippen molar-refractivity contribution in [3.8, 4) is 0 Å². The van der Waals surface area contributed by atoms with Gasteiger partial charge in [0.1, 0.15) is 0 Å². The molecule has 136 valence electrons. The number of amides is 2. The van der Waals surface area contributed by atoms with E-state index in [0.29, 0.717) is 6.54 Å². The van der Waals surface area contributed by atoms with Crippen molar-refractivity contribution in [1.29, 1.82) is 0 Å². The number of carbonyl (C=O) groups excluding carboxylic acids is 2. The summed E-state index contributed by atoms with van der Waals surface area (Å²) >= 11 is 0. The normalized spacial score (nSPS) is 16.8. The van der Waals surface area contributed by atoms with Crippen molar-refractivity contribution in [2.75, 3.05) is 16.8 Å². The number of rotatable bonds is 5. The molecule has 1 N–H and O–H groups in total. The summed E-state index contributed by atoms with van der Waals surface area (Å²) in [7, 11) is 0. The van der Waals surface area contributed by atoms with E-state index in [2.05, 4.69) is 31.3 Å². The molecule has 2 amide bonds. The topological polar surface area (TPSA) is 49.4 Å². The lowest BCUT2D eigenvalue weighted by Gasteiger charge is -2.23. The second kappa shape index (κ2) is 7.73. The molecule has 1 aliphatic rings. The van der Waals surface area contributed by atoms with E-state index in [1.54, 1.807) is 0 Å². The van der Waals surface area contributed by atoms with Gasteiger partial charge in [-0.05, 0) is 48.6 Å². The summed E-state index contributed by atoms with van der Waals surface area (Å²) in [6.45, 7) is 6.63. The molecule has 0 spiro atoms. The average molecular weight is 350 g/mol. The van der Waals surface area contributed by atoms with Gasteiger partial charge >= 0.3 is 0 Å². The summed E-state index contributed by atoms with van der Waals surface area (Å²) in [4.78, 5) is 27.2. The second-order valence-corrected chi connectivity index (χ2v) is 6.90. The van der Waals surface area contributed by atoms with Crippen LogP contribution in [0, 0.1) is 12.8 Å². The number of hydrogen-bond acceptors (Lipinski definition) is 2. The van der Waals surface area contributed by atoms with Gasteiger partial charge in [0.15, 0.2) is 0 Å². The Bertz CT molecular complexity index is 806. The molecule has 3 rings (SSSR count). The highest BCUT2D eigenvalue weighted by molar-refractivity contribution is 6.04. The van der Waals surface area contributed by atoms with Crippen LogP contribution in [0.2, 0.25) is 0 Å². The third-order valence-electron chi connectivity index (χ3n) is 5.02. The maximum absolute atomic E-state index is 12.7. The molecule has 0 saturated carbocycles. The molecule has 1 heterocycles. The fourth-order valence-corrected chi connectivity index (χ4v) is 3.63. The van der Waals surface area contributed by atoms with Crippen molar-refractivity contribution in [1.82, 2.24) is 0 Å². The van der Waals surface area contributed by atoms with Crippen LogP contribution in [0.25, 0.3) is 0 Å². The van der Waals surface area contributed by atoms with Crippen molar-refractivity contribution < 1.29 is 9.59 Å². The number of hydrogen-bond donors (Lipinski definition) is 1. The van der Waals surface area contributed by atoms with Gasteiger partial charge in [-0.2, -0.15) is 0 Å². The van der Waals surface area contributed by atoms with E-state index in [4.69, 9.17) is 0 Å². The molecule has 0 radical (unpaired) electrons. The molecular weight excluding hydrogens is 324 g/mol. The summed E-state index contributed by atoms with van der Waals surface area (Å²) in [6.07, 6.45) is 2.00. The standard InChI is InChI=1S/C22H26N2O2/c1-4-16-9-7-10-17(5-2)21(16)24-14-18(13-20(24)25)22(26)23-19-11-6-8-15(3)12-19/h6-12,18H,4-5,13-14H2,1-3H3,(H,23,26)/t18-/m1/s1. The Kier molecular flexibility index (Phi) is 5.40. The van der Waals surface area contributed by atoms with Crippen LogP contribution in [0.3, 0.4) is 0 Å². The van der Waals surface area contributed by atoms with E-state index in [1.165, 1.54) is 0 Å². The first-order chi connectivity index (χ1) is 12.5. The first-order valence-electron chi connectivity index (χ1n) is 9.32. The van der Waals surface area contributed by atoms with Gasteiger partial charge < -0.3 is 10.2 Å². The number of aryl methyl sites for hydroxylation is 3. The lowest BCUT2D eigenvalue weighted by molar-refractivity contribution is -0.122. The number of nitrogens with one attached hydrogen (secondary N) is 1. The molecule has 1 atom stereocenters. The Morgan fingerprint density at radius 1 is 1.12 bits per heavy atom. The molecule has 0 unspecified atom stereocenters. The Balaban J connectivity index is 1.80. The van der Waals surface area contributed by atoms with Crippen molar-refractivity contribution in [2.24, 2.45) is 5.92 Å². The van der Waals surface area contributed by atoms with Gasteiger partial charge in [0.2, 0.25) is 11.8 Å². The number of carbonyl (C=O) groups is 2. The minimum absolute atomic E-state index is 0.0324. The number of para-hydroxylation sites is 1. The zero-order valence-electron chi connectivity index (χ0n) is 15.7. The van der Waals surface area contributed by atoms with Crippen LogP contribution in [0.5, 0.6) is 0 Å². The lowest BCUT2D eigenvalue weighted by atomic mass is 10.0. The first-order valence-corrected chi connectivity index (χ1v) is 9.32. The van der Waals surface area contributed by atoms with Gasteiger partial charge in [0.25, 0.3) is 0 Å². The number of benzene rings is 2. The van der Waals surface area contributed by atoms with E-state index in [9.17, 15) is 9.59 Å². The van der Waals surface area contributed by atoms with E-state index in [1.807, 2.05) is 42.2 Å². The van der Waals surface area contributed by atoms with Crippen LogP contribution in [0.1, 0.15) is 37.0 Å². The molecule has 0 aromatic heterocycles. The highest BCUT2D eigenvalue weighted by atomic mass is 16.2. The average Bonchev–Trinajstić information content (AvgIpc) is 3.02. The highest BCUT2D eigenvalue weighted by Crippen LogP contribution is 2.32. The maximum Gasteiger partial charge on any atom is 0.229 e. The minimum Gasteiger partial charge on any atom is -0.326 e. The van der Waals surface area contributed by atoms with Gasteiger partial charge in [-0.3, -0.25) is 9.59 Å². The van der Waals surface area contributed by atoms with Crippen molar-refractivity contribution in [3.05, 3.63) is 59.2 Å². The molecule has 2 aromatic carbocycles. The minimum atomic E-state index is -0.322. The van der Waals surface area contributed by atoms with E-state index < -0.39 is 0 Å². The van der Waals surface area contributed by atoms with Gasteiger partial charge in [0, 0.05) is 24.3 Å². The molecule has 1 aliphatic heterocycles. The van der Waals surface area contributed by atoms with E-state index >= 15 is 0 Å². The van der Waals surface area contributed by atoms with Crippen LogP contribution in [-0.2, 0) is 22.4 Å². The summed E-state index contributed by atoms with van der Waals surface area (Å²) in [5.41, 5.74) is 5.21. The second-order valence-electron chi connectivity index (χ2n) is 6.90.